The summed E-state index contributed by atoms with van der Waals surface area (Å²) in [5.74, 6) is -0.0793. The molecule has 1 heterocycles. The normalized spacial score (nSPS) is 13.1. The summed E-state index contributed by atoms with van der Waals surface area (Å²) in [4.78, 5) is 13.6. The van der Waals surface area contributed by atoms with Gasteiger partial charge in [-0.15, -0.1) is 11.3 Å². The Kier molecular flexibility index (Phi) is 4.95. The van der Waals surface area contributed by atoms with Crippen LogP contribution in [-0.4, -0.2) is 11.9 Å². The molecule has 1 amide bonds. The predicted octanol–water partition coefficient (Wildman–Crippen LogP) is 2.42. The van der Waals surface area contributed by atoms with Crippen molar-refractivity contribution in [3.63, 3.8) is 0 Å². The summed E-state index contributed by atoms with van der Waals surface area (Å²) in [6.07, 6.45) is 0. The van der Waals surface area contributed by atoms with E-state index in [1.54, 1.807) is 11.3 Å². The van der Waals surface area contributed by atoms with Crippen molar-refractivity contribution in [2.45, 2.75) is 33.4 Å². The molecular formula is C11H17BrN2OS. The molecule has 0 aliphatic rings. The molecule has 0 radical (unpaired) electrons. The van der Waals surface area contributed by atoms with E-state index in [1.165, 1.54) is 9.75 Å². The number of hydrogen-bond acceptors (Lipinski definition) is 3. The van der Waals surface area contributed by atoms with Crippen molar-refractivity contribution < 1.29 is 4.79 Å². The first-order valence-electron chi connectivity index (χ1n) is 5.19. The maximum atomic E-state index is 11.2. The molecule has 1 aromatic rings. The fourth-order valence-electron chi connectivity index (χ4n) is 1.48. The minimum atomic E-state index is -0.289. The van der Waals surface area contributed by atoms with Crippen molar-refractivity contribution >= 4 is 33.2 Å². The molecule has 0 aliphatic carbocycles. The van der Waals surface area contributed by atoms with Gasteiger partial charge in [-0.3, -0.25) is 4.79 Å². The van der Waals surface area contributed by atoms with Crippen molar-refractivity contribution in [1.29, 1.82) is 0 Å². The maximum Gasteiger partial charge on any atom is 0.234 e. The number of hydrogen-bond donors (Lipinski definition) is 2. The van der Waals surface area contributed by atoms with Gasteiger partial charge in [0.2, 0.25) is 5.91 Å². The Balaban J connectivity index is 2.59. The zero-order valence-electron chi connectivity index (χ0n) is 9.71. The molecule has 0 aliphatic heterocycles. The van der Waals surface area contributed by atoms with E-state index >= 15 is 0 Å². The van der Waals surface area contributed by atoms with Gasteiger partial charge >= 0.3 is 0 Å². The highest BCUT2D eigenvalue weighted by atomic mass is 79.9. The van der Waals surface area contributed by atoms with Crippen LogP contribution in [0.25, 0.3) is 0 Å². The van der Waals surface area contributed by atoms with Crippen molar-refractivity contribution in [3.05, 3.63) is 20.3 Å². The molecule has 0 saturated carbocycles. The van der Waals surface area contributed by atoms with Crippen LogP contribution in [0.5, 0.6) is 0 Å². The lowest BCUT2D eigenvalue weighted by atomic mass is 10.0. The molecular weight excluding hydrogens is 288 g/mol. The third kappa shape index (κ3) is 3.57. The van der Waals surface area contributed by atoms with Crippen LogP contribution in [0.15, 0.2) is 10.5 Å². The molecule has 90 valence electrons. The number of carbonyl (C=O) groups is 1. The van der Waals surface area contributed by atoms with Crippen molar-refractivity contribution in [2.24, 2.45) is 11.7 Å². The fraction of sp³-hybridized carbons (Fsp3) is 0.545. The monoisotopic (exact) mass is 304 g/mol. The molecule has 0 aromatic carbocycles. The van der Waals surface area contributed by atoms with Crippen LogP contribution in [0.3, 0.4) is 0 Å². The van der Waals surface area contributed by atoms with Crippen LogP contribution in [-0.2, 0) is 11.3 Å². The maximum absolute atomic E-state index is 11.2. The van der Waals surface area contributed by atoms with E-state index in [0.717, 1.165) is 4.47 Å². The third-order valence-corrected chi connectivity index (χ3v) is 4.51. The molecule has 1 aromatic heterocycles. The first-order chi connectivity index (χ1) is 7.41. The van der Waals surface area contributed by atoms with Gasteiger partial charge in [-0.2, -0.15) is 0 Å². The minimum absolute atomic E-state index is 0.210. The molecule has 1 unspecified atom stereocenters. The molecule has 1 atom stereocenters. The number of nitrogens with one attached hydrogen (secondary N) is 1. The smallest absolute Gasteiger partial charge is 0.234 e. The Morgan fingerprint density at radius 3 is 2.62 bits per heavy atom. The Labute approximate surface area is 109 Å². The summed E-state index contributed by atoms with van der Waals surface area (Å²) in [7, 11) is 0. The summed E-state index contributed by atoms with van der Waals surface area (Å²) in [6.45, 7) is 6.71. The summed E-state index contributed by atoms with van der Waals surface area (Å²) < 4.78 is 1.12. The summed E-state index contributed by atoms with van der Waals surface area (Å²) in [5, 5.41) is 3.19. The van der Waals surface area contributed by atoms with E-state index in [0.29, 0.717) is 6.54 Å². The van der Waals surface area contributed by atoms with Gasteiger partial charge < -0.3 is 11.1 Å². The molecule has 5 heteroatoms. The lowest BCUT2D eigenvalue weighted by Crippen LogP contribution is -2.44. The van der Waals surface area contributed by atoms with Gasteiger partial charge in [0.25, 0.3) is 0 Å². The molecule has 3 N–H and O–H groups in total. The Morgan fingerprint density at radius 1 is 1.62 bits per heavy atom. The van der Waals surface area contributed by atoms with Crippen molar-refractivity contribution in [2.75, 3.05) is 0 Å². The summed E-state index contributed by atoms with van der Waals surface area (Å²) >= 11 is 5.19. The van der Waals surface area contributed by atoms with E-state index in [1.807, 2.05) is 13.8 Å². The van der Waals surface area contributed by atoms with Gasteiger partial charge in [0.15, 0.2) is 0 Å². The largest absolute Gasteiger partial charge is 0.368 e. The van der Waals surface area contributed by atoms with Crippen molar-refractivity contribution in [1.82, 2.24) is 5.32 Å². The van der Waals surface area contributed by atoms with Crippen LogP contribution in [0.2, 0.25) is 0 Å². The molecule has 0 saturated heterocycles. The second-order valence-corrected chi connectivity index (χ2v) is 6.32. The number of aryl methyl sites for hydroxylation is 1. The summed E-state index contributed by atoms with van der Waals surface area (Å²) in [5.41, 5.74) is 5.33. The number of halogens is 1. The Hall–Kier alpha value is -0.390. The average Bonchev–Trinajstić information content (AvgIpc) is 2.45. The zero-order valence-corrected chi connectivity index (χ0v) is 12.1. The van der Waals surface area contributed by atoms with Crippen LogP contribution in [0, 0.1) is 12.8 Å². The van der Waals surface area contributed by atoms with Gasteiger partial charge in [-0.05, 0) is 34.8 Å². The average molecular weight is 305 g/mol. The van der Waals surface area contributed by atoms with Gasteiger partial charge in [0.1, 0.15) is 0 Å². The second kappa shape index (κ2) is 5.80. The molecule has 3 nitrogen and oxygen atoms in total. The molecule has 0 fully saturated rings. The lowest BCUT2D eigenvalue weighted by molar-refractivity contribution is -0.121. The van der Waals surface area contributed by atoms with E-state index in [9.17, 15) is 4.79 Å². The number of primary amides is 1. The van der Waals surface area contributed by atoms with Gasteiger partial charge in [-0.1, -0.05) is 13.8 Å². The zero-order chi connectivity index (χ0) is 12.3. The number of amides is 1. The SMILES string of the molecule is Cc1sc(CNC(C(N)=O)C(C)C)cc1Br. The topological polar surface area (TPSA) is 55.1 Å². The van der Waals surface area contributed by atoms with Crippen LogP contribution >= 0.6 is 27.3 Å². The highest BCUT2D eigenvalue weighted by Crippen LogP contribution is 2.26. The van der Waals surface area contributed by atoms with E-state index in [-0.39, 0.29) is 17.9 Å². The minimum Gasteiger partial charge on any atom is -0.368 e. The first kappa shape index (κ1) is 13.7. The van der Waals surface area contributed by atoms with Crippen LogP contribution in [0.4, 0.5) is 0 Å². The van der Waals surface area contributed by atoms with Crippen molar-refractivity contribution in [3.8, 4) is 0 Å². The standard InChI is InChI=1S/C11H17BrN2OS/c1-6(2)10(11(13)15)14-5-8-4-9(12)7(3)16-8/h4,6,10,14H,5H2,1-3H3,(H2,13,15). The molecule has 0 bridgehead atoms. The van der Waals surface area contributed by atoms with Crippen LogP contribution in [0.1, 0.15) is 23.6 Å². The number of nitrogens with two attached hydrogens (primary N) is 1. The van der Waals surface area contributed by atoms with Gasteiger partial charge in [0, 0.05) is 20.8 Å². The van der Waals surface area contributed by atoms with Gasteiger partial charge in [0.05, 0.1) is 6.04 Å². The van der Waals surface area contributed by atoms with Gasteiger partial charge in [-0.25, -0.2) is 0 Å². The molecule has 16 heavy (non-hydrogen) atoms. The lowest BCUT2D eigenvalue weighted by Gasteiger charge is -2.18. The summed E-state index contributed by atoms with van der Waals surface area (Å²) in [6, 6.07) is 1.81. The predicted molar refractivity (Wildman–Crippen MR) is 71.4 cm³/mol. The van der Waals surface area contributed by atoms with E-state index < -0.39 is 0 Å². The third-order valence-electron chi connectivity index (χ3n) is 2.38. The number of thiophene rings is 1. The van der Waals surface area contributed by atoms with E-state index in [2.05, 4.69) is 34.2 Å². The van der Waals surface area contributed by atoms with Crippen LogP contribution < -0.4 is 11.1 Å². The quantitative estimate of drug-likeness (QED) is 0.878. The molecule has 0 spiro atoms. The molecule has 1 rings (SSSR count). The first-order valence-corrected chi connectivity index (χ1v) is 6.80. The number of rotatable bonds is 5. The number of carbonyl (C=O) groups excluding carboxylic acids is 1. The Bertz CT molecular complexity index is 357. The fourth-order valence-corrected chi connectivity index (χ4v) is 3.03. The Morgan fingerprint density at radius 2 is 2.25 bits per heavy atom. The van der Waals surface area contributed by atoms with E-state index in [4.69, 9.17) is 5.73 Å². The highest BCUT2D eigenvalue weighted by molar-refractivity contribution is 9.10. The second-order valence-electron chi connectivity index (χ2n) is 4.12. The highest BCUT2D eigenvalue weighted by Gasteiger charge is 2.18.